The molecule has 0 aliphatic rings. The van der Waals surface area contributed by atoms with Gasteiger partial charge in [0, 0.05) is 6.42 Å². The molecule has 7 heteroatoms. The van der Waals surface area contributed by atoms with Crippen molar-refractivity contribution in [2.75, 3.05) is 13.2 Å². The van der Waals surface area contributed by atoms with Crippen molar-refractivity contribution in [3.05, 3.63) is 29.8 Å². The molecule has 0 saturated heterocycles. The summed E-state index contributed by atoms with van der Waals surface area (Å²) >= 11 is 0. The highest BCUT2D eigenvalue weighted by Gasteiger charge is 2.22. The van der Waals surface area contributed by atoms with E-state index in [4.69, 9.17) is 19.9 Å². The first-order valence-corrected chi connectivity index (χ1v) is 8.57. The first kappa shape index (κ1) is 24.2. The summed E-state index contributed by atoms with van der Waals surface area (Å²) in [6, 6.07) is 6.68. The van der Waals surface area contributed by atoms with Crippen molar-refractivity contribution in [2.45, 2.75) is 58.6 Å². The maximum absolute atomic E-state index is 11.9. The predicted molar refractivity (Wildman–Crippen MR) is 103 cm³/mol. The molecular formula is C19H30ClNO5. The number of hydrogen-bond acceptors (Lipinski definition) is 6. The van der Waals surface area contributed by atoms with Gasteiger partial charge < -0.3 is 19.9 Å². The SMILES string of the molecule is CCOC(=O)CCCOc1ccc(C[C@H](N)C(=O)OC(C)(C)C)cc1.Cl. The number of esters is 2. The molecule has 148 valence electrons. The molecule has 1 rings (SSSR count). The quantitative estimate of drug-likeness (QED) is 0.517. The normalized spacial score (nSPS) is 11.9. The number of ether oxygens (including phenoxy) is 3. The van der Waals surface area contributed by atoms with E-state index in [9.17, 15) is 9.59 Å². The lowest BCUT2D eigenvalue weighted by atomic mass is 10.1. The third-order valence-corrected chi connectivity index (χ3v) is 3.19. The molecule has 0 radical (unpaired) electrons. The standard InChI is InChI=1S/C19H29NO5.ClH/c1-5-23-17(21)7-6-12-24-15-10-8-14(9-11-15)13-16(20)18(22)25-19(2,3)4;/h8-11,16H,5-7,12-13,20H2,1-4H3;1H/t16-;/m0./s1. The molecule has 0 bridgehead atoms. The Kier molecular flexibility index (Phi) is 10.9. The maximum atomic E-state index is 11.9. The highest BCUT2D eigenvalue weighted by Crippen LogP contribution is 2.15. The van der Waals surface area contributed by atoms with E-state index >= 15 is 0 Å². The van der Waals surface area contributed by atoms with Crippen LogP contribution >= 0.6 is 12.4 Å². The topological polar surface area (TPSA) is 87.9 Å². The predicted octanol–water partition coefficient (Wildman–Crippen LogP) is 3.04. The first-order valence-electron chi connectivity index (χ1n) is 8.57. The zero-order valence-electron chi connectivity index (χ0n) is 15.9. The second-order valence-electron chi connectivity index (χ2n) is 6.75. The molecule has 0 fully saturated rings. The van der Waals surface area contributed by atoms with Crippen LogP contribution < -0.4 is 10.5 Å². The lowest BCUT2D eigenvalue weighted by Gasteiger charge is -2.22. The van der Waals surface area contributed by atoms with Gasteiger partial charge in [0.15, 0.2) is 0 Å². The molecule has 1 atom stereocenters. The average Bonchev–Trinajstić information content (AvgIpc) is 2.51. The van der Waals surface area contributed by atoms with Crippen molar-refractivity contribution in [1.29, 1.82) is 0 Å². The van der Waals surface area contributed by atoms with Crippen LogP contribution in [0, 0.1) is 0 Å². The van der Waals surface area contributed by atoms with Crippen LogP contribution in [0.2, 0.25) is 0 Å². The van der Waals surface area contributed by atoms with Gasteiger partial charge in [-0.25, -0.2) is 0 Å². The van der Waals surface area contributed by atoms with Gasteiger partial charge in [-0.3, -0.25) is 9.59 Å². The van der Waals surface area contributed by atoms with Gasteiger partial charge in [-0.15, -0.1) is 12.4 Å². The van der Waals surface area contributed by atoms with Crippen LogP contribution in [-0.2, 0) is 25.5 Å². The Hall–Kier alpha value is -1.79. The summed E-state index contributed by atoms with van der Waals surface area (Å²) in [5, 5.41) is 0. The fourth-order valence-corrected chi connectivity index (χ4v) is 2.08. The molecule has 0 aromatic heterocycles. The second-order valence-corrected chi connectivity index (χ2v) is 6.75. The number of nitrogens with two attached hydrogens (primary N) is 1. The number of rotatable bonds is 9. The van der Waals surface area contributed by atoms with Crippen LogP contribution in [0.4, 0.5) is 0 Å². The molecule has 0 spiro atoms. The van der Waals surface area contributed by atoms with E-state index in [-0.39, 0.29) is 18.4 Å². The highest BCUT2D eigenvalue weighted by molar-refractivity contribution is 5.85. The van der Waals surface area contributed by atoms with Gasteiger partial charge in [0.2, 0.25) is 0 Å². The molecule has 2 N–H and O–H groups in total. The van der Waals surface area contributed by atoms with Crippen LogP contribution in [0.15, 0.2) is 24.3 Å². The lowest BCUT2D eigenvalue weighted by molar-refractivity contribution is -0.156. The van der Waals surface area contributed by atoms with Gasteiger partial charge in [0.1, 0.15) is 17.4 Å². The molecule has 0 unspecified atom stereocenters. The summed E-state index contributed by atoms with van der Waals surface area (Å²) in [7, 11) is 0. The molecule has 0 heterocycles. The zero-order valence-corrected chi connectivity index (χ0v) is 16.8. The van der Waals surface area contributed by atoms with Crippen LogP contribution in [0.3, 0.4) is 0 Å². The minimum atomic E-state index is -0.699. The van der Waals surface area contributed by atoms with Gasteiger partial charge in [-0.05, 0) is 58.2 Å². The smallest absolute Gasteiger partial charge is 0.323 e. The van der Waals surface area contributed by atoms with Crippen molar-refractivity contribution >= 4 is 24.3 Å². The molecule has 26 heavy (non-hydrogen) atoms. The van der Waals surface area contributed by atoms with Crippen LogP contribution in [0.1, 0.15) is 46.1 Å². The Balaban J connectivity index is 0.00000625. The van der Waals surface area contributed by atoms with Gasteiger partial charge in [0.05, 0.1) is 13.2 Å². The summed E-state index contributed by atoms with van der Waals surface area (Å²) in [6.07, 6.45) is 1.35. The Morgan fingerprint density at radius 1 is 1.15 bits per heavy atom. The Morgan fingerprint density at radius 2 is 1.77 bits per heavy atom. The fraction of sp³-hybridized carbons (Fsp3) is 0.579. The minimum Gasteiger partial charge on any atom is -0.494 e. The molecular weight excluding hydrogens is 358 g/mol. The van der Waals surface area contributed by atoms with E-state index in [2.05, 4.69) is 0 Å². The summed E-state index contributed by atoms with van der Waals surface area (Å²) in [4.78, 5) is 23.1. The van der Waals surface area contributed by atoms with Crippen LogP contribution in [-0.4, -0.2) is 36.8 Å². The average molecular weight is 388 g/mol. The van der Waals surface area contributed by atoms with Crippen molar-refractivity contribution in [3.8, 4) is 5.75 Å². The number of carbonyl (C=O) groups excluding carboxylic acids is 2. The summed E-state index contributed by atoms with van der Waals surface area (Å²) in [6.45, 7) is 8.05. The highest BCUT2D eigenvalue weighted by atomic mass is 35.5. The number of carbonyl (C=O) groups is 2. The van der Waals surface area contributed by atoms with Crippen molar-refractivity contribution < 1.29 is 23.8 Å². The molecule has 0 amide bonds. The third kappa shape index (κ3) is 10.3. The van der Waals surface area contributed by atoms with E-state index in [1.54, 1.807) is 6.92 Å². The Morgan fingerprint density at radius 3 is 2.31 bits per heavy atom. The largest absolute Gasteiger partial charge is 0.494 e. The molecule has 1 aromatic carbocycles. The number of halogens is 1. The Labute approximate surface area is 161 Å². The summed E-state index contributed by atoms with van der Waals surface area (Å²) in [5.74, 6) is 0.0859. The van der Waals surface area contributed by atoms with E-state index in [0.29, 0.717) is 38.2 Å². The monoisotopic (exact) mass is 387 g/mol. The van der Waals surface area contributed by atoms with E-state index in [1.807, 2.05) is 45.0 Å². The van der Waals surface area contributed by atoms with Crippen molar-refractivity contribution in [1.82, 2.24) is 0 Å². The minimum absolute atomic E-state index is 0. The Bertz CT molecular complexity index is 554. The zero-order chi connectivity index (χ0) is 18.9. The lowest BCUT2D eigenvalue weighted by Crippen LogP contribution is -2.38. The van der Waals surface area contributed by atoms with Gasteiger partial charge in [-0.2, -0.15) is 0 Å². The third-order valence-electron chi connectivity index (χ3n) is 3.19. The van der Waals surface area contributed by atoms with Gasteiger partial charge >= 0.3 is 11.9 Å². The van der Waals surface area contributed by atoms with Crippen molar-refractivity contribution in [2.24, 2.45) is 5.73 Å². The van der Waals surface area contributed by atoms with Crippen molar-refractivity contribution in [3.63, 3.8) is 0 Å². The van der Waals surface area contributed by atoms with E-state index in [1.165, 1.54) is 0 Å². The molecule has 1 aromatic rings. The molecule has 0 aliphatic carbocycles. The van der Waals surface area contributed by atoms with Crippen LogP contribution in [0.5, 0.6) is 5.75 Å². The van der Waals surface area contributed by atoms with Gasteiger partial charge in [-0.1, -0.05) is 12.1 Å². The number of benzene rings is 1. The first-order chi connectivity index (χ1) is 11.7. The van der Waals surface area contributed by atoms with Gasteiger partial charge in [0.25, 0.3) is 0 Å². The summed E-state index contributed by atoms with van der Waals surface area (Å²) < 4.78 is 15.7. The maximum Gasteiger partial charge on any atom is 0.323 e. The fourth-order valence-electron chi connectivity index (χ4n) is 2.08. The van der Waals surface area contributed by atoms with E-state index in [0.717, 1.165) is 5.56 Å². The molecule has 0 saturated carbocycles. The van der Waals surface area contributed by atoms with Crippen LogP contribution in [0.25, 0.3) is 0 Å². The van der Waals surface area contributed by atoms with E-state index < -0.39 is 17.6 Å². The number of hydrogen-bond donors (Lipinski definition) is 1. The summed E-state index contributed by atoms with van der Waals surface area (Å²) in [5.41, 5.74) is 6.28. The molecule has 6 nitrogen and oxygen atoms in total. The second kappa shape index (κ2) is 11.8. The molecule has 0 aliphatic heterocycles.